The molecule has 1 aliphatic carbocycles. The molecule has 0 heterocycles. The highest BCUT2D eigenvalue weighted by Gasteiger charge is 2.29. The molecule has 0 radical (unpaired) electrons. The van der Waals surface area contributed by atoms with Crippen molar-refractivity contribution in [3.8, 4) is 11.1 Å². The second kappa shape index (κ2) is 8.64. The summed E-state index contributed by atoms with van der Waals surface area (Å²) in [6.07, 6.45) is -0.0848. The molecule has 0 unspecified atom stereocenters. The number of amides is 1. The topological polar surface area (TPSA) is 66.8 Å². The highest BCUT2D eigenvalue weighted by molar-refractivity contribution is 5.88. The maximum atomic E-state index is 12.9. The fourth-order valence-corrected chi connectivity index (χ4v) is 4.35. The summed E-state index contributed by atoms with van der Waals surface area (Å²) in [6, 6.07) is 22.0. The highest BCUT2D eigenvalue weighted by atomic mass is 16.6. The number of carboxylic acids is 1. The van der Waals surface area contributed by atoms with Crippen molar-refractivity contribution in [2.24, 2.45) is 0 Å². The number of rotatable bonds is 6. The van der Waals surface area contributed by atoms with Gasteiger partial charge in [-0.1, -0.05) is 60.7 Å². The number of ether oxygens (including phenoxy) is 1. The SMILES string of the molecule is Cc1cccc(N(C)C(=O)OCC2c3ccccc3-c3ccccc32)c1CCC(=O)O. The molecule has 0 bridgehead atoms. The number of carbonyl (C=O) groups is 2. The van der Waals surface area contributed by atoms with Crippen LogP contribution in [0.25, 0.3) is 11.1 Å². The van der Waals surface area contributed by atoms with Crippen molar-refractivity contribution in [1.82, 2.24) is 0 Å². The Morgan fingerprint density at radius 1 is 0.935 bits per heavy atom. The van der Waals surface area contributed by atoms with Crippen LogP contribution in [0.2, 0.25) is 0 Å². The number of hydrogen-bond acceptors (Lipinski definition) is 3. The van der Waals surface area contributed by atoms with Crippen molar-refractivity contribution in [3.05, 3.63) is 89.0 Å². The lowest BCUT2D eigenvalue weighted by Crippen LogP contribution is -2.29. The van der Waals surface area contributed by atoms with E-state index in [1.54, 1.807) is 7.05 Å². The van der Waals surface area contributed by atoms with Crippen LogP contribution in [0.1, 0.15) is 34.6 Å². The van der Waals surface area contributed by atoms with Crippen LogP contribution in [0.4, 0.5) is 10.5 Å². The summed E-state index contributed by atoms with van der Waals surface area (Å²) >= 11 is 0. The number of aliphatic carboxylic acids is 1. The van der Waals surface area contributed by atoms with Gasteiger partial charge in [-0.2, -0.15) is 0 Å². The Bertz CT molecular complexity index is 1090. The van der Waals surface area contributed by atoms with E-state index < -0.39 is 12.1 Å². The van der Waals surface area contributed by atoms with E-state index >= 15 is 0 Å². The Hall–Kier alpha value is -3.60. The van der Waals surface area contributed by atoms with Gasteiger partial charge in [0, 0.05) is 19.4 Å². The Morgan fingerprint density at radius 3 is 2.16 bits per heavy atom. The maximum Gasteiger partial charge on any atom is 0.414 e. The minimum atomic E-state index is -0.863. The second-order valence-corrected chi connectivity index (χ2v) is 7.83. The van der Waals surface area contributed by atoms with Gasteiger partial charge in [-0.15, -0.1) is 0 Å². The summed E-state index contributed by atoms with van der Waals surface area (Å²) in [5.74, 6) is -0.869. The van der Waals surface area contributed by atoms with E-state index in [2.05, 4.69) is 24.3 Å². The number of anilines is 1. The third kappa shape index (κ3) is 4.04. The molecule has 3 aromatic carbocycles. The van der Waals surface area contributed by atoms with Crippen molar-refractivity contribution in [1.29, 1.82) is 0 Å². The smallest absolute Gasteiger partial charge is 0.414 e. The molecule has 3 aromatic rings. The van der Waals surface area contributed by atoms with E-state index in [1.165, 1.54) is 16.0 Å². The monoisotopic (exact) mass is 415 g/mol. The summed E-state index contributed by atoms with van der Waals surface area (Å²) < 4.78 is 5.75. The lowest BCUT2D eigenvalue weighted by molar-refractivity contribution is -0.136. The van der Waals surface area contributed by atoms with Crippen LogP contribution < -0.4 is 4.90 Å². The fraction of sp³-hybridized carbons (Fsp3) is 0.231. The molecule has 31 heavy (non-hydrogen) atoms. The Kier molecular flexibility index (Phi) is 5.76. The van der Waals surface area contributed by atoms with Crippen molar-refractivity contribution in [3.63, 3.8) is 0 Å². The average molecular weight is 415 g/mol. The first-order valence-corrected chi connectivity index (χ1v) is 10.4. The van der Waals surface area contributed by atoms with Crippen LogP contribution in [-0.2, 0) is 16.0 Å². The quantitative estimate of drug-likeness (QED) is 0.586. The van der Waals surface area contributed by atoms with Gasteiger partial charge in [0.15, 0.2) is 0 Å². The first-order chi connectivity index (χ1) is 15.0. The van der Waals surface area contributed by atoms with Crippen molar-refractivity contribution in [2.75, 3.05) is 18.6 Å². The summed E-state index contributed by atoms with van der Waals surface area (Å²) in [4.78, 5) is 25.4. The first kappa shape index (κ1) is 20.7. The number of aryl methyl sites for hydroxylation is 1. The Morgan fingerprint density at radius 2 is 1.55 bits per heavy atom. The summed E-state index contributed by atoms with van der Waals surface area (Å²) in [5.41, 5.74) is 7.18. The van der Waals surface area contributed by atoms with Crippen LogP contribution in [0, 0.1) is 6.92 Å². The van der Waals surface area contributed by atoms with E-state index in [4.69, 9.17) is 9.84 Å². The highest BCUT2D eigenvalue weighted by Crippen LogP contribution is 2.44. The van der Waals surface area contributed by atoms with E-state index in [-0.39, 0.29) is 18.9 Å². The molecule has 5 nitrogen and oxygen atoms in total. The first-order valence-electron chi connectivity index (χ1n) is 10.4. The number of nitrogens with zero attached hydrogens (tertiary/aromatic N) is 1. The molecule has 1 N–H and O–H groups in total. The molecule has 0 saturated carbocycles. The van der Waals surface area contributed by atoms with E-state index in [9.17, 15) is 9.59 Å². The van der Waals surface area contributed by atoms with E-state index in [0.717, 1.165) is 22.3 Å². The number of carbonyl (C=O) groups excluding carboxylic acids is 1. The lowest BCUT2D eigenvalue weighted by atomic mass is 9.98. The van der Waals surface area contributed by atoms with Crippen LogP contribution in [0.15, 0.2) is 66.7 Å². The molecule has 1 amide bonds. The zero-order chi connectivity index (χ0) is 22.0. The average Bonchev–Trinajstić information content (AvgIpc) is 3.09. The van der Waals surface area contributed by atoms with Crippen LogP contribution in [0.3, 0.4) is 0 Å². The molecule has 1 aliphatic rings. The minimum Gasteiger partial charge on any atom is -0.481 e. The largest absolute Gasteiger partial charge is 0.481 e. The standard InChI is InChI=1S/C26H25NO4/c1-17-8-7-13-24(18(17)14-15-25(28)29)27(2)26(30)31-16-23-21-11-5-3-9-19(21)20-10-4-6-12-22(20)23/h3-13,23H,14-16H2,1-2H3,(H,28,29). The van der Waals surface area contributed by atoms with Gasteiger partial charge in [0.1, 0.15) is 6.61 Å². The van der Waals surface area contributed by atoms with Crippen molar-refractivity contribution < 1.29 is 19.4 Å². The molecule has 0 saturated heterocycles. The molecule has 0 fully saturated rings. The molecule has 0 aromatic heterocycles. The zero-order valence-corrected chi connectivity index (χ0v) is 17.7. The normalized spacial score (nSPS) is 12.2. The summed E-state index contributed by atoms with van der Waals surface area (Å²) in [7, 11) is 1.66. The molecule has 0 atom stereocenters. The molecule has 0 aliphatic heterocycles. The van der Waals surface area contributed by atoms with Crippen LogP contribution in [0.5, 0.6) is 0 Å². The van der Waals surface area contributed by atoms with E-state index in [0.29, 0.717) is 12.1 Å². The predicted molar refractivity (Wildman–Crippen MR) is 121 cm³/mol. The number of hydrogen-bond donors (Lipinski definition) is 1. The molecular weight excluding hydrogens is 390 g/mol. The van der Waals surface area contributed by atoms with Gasteiger partial charge in [0.25, 0.3) is 0 Å². The molecule has 5 heteroatoms. The predicted octanol–water partition coefficient (Wildman–Crippen LogP) is 5.40. The fourth-order valence-electron chi connectivity index (χ4n) is 4.35. The van der Waals surface area contributed by atoms with Crippen molar-refractivity contribution >= 4 is 17.7 Å². The van der Waals surface area contributed by atoms with Crippen molar-refractivity contribution in [2.45, 2.75) is 25.7 Å². The van der Waals surface area contributed by atoms with Gasteiger partial charge in [0.2, 0.25) is 0 Å². The summed E-state index contributed by atoms with van der Waals surface area (Å²) in [6.45, 7) is 2.17. The Labute approximate surface area is 181 Å². The summed E-state index contributed by atoms with van der Waals surface area (Å²) in [5, 5.41) is 9.06. The Balaban J connectivity index is 1.53. The number of fused-ring (bicyclic) bond motifs is 3. The van der Waals surface area contributed by atoms with Gasteiger partial charge in [-0.05, 0) is 52.8 Å². The van der Waals surface area contributed by atoms with Crippen LogP contribution >= 0.6 is 0 Å². The van der Waals surface area contributed by atoms with Gasteiger partial charge < -0.3 is 9.84 Å². The zero-order valence-electron chi connectivity index (χ0n) is 17.7. The number of carboxylic acid groups (broad SMARTS) is 1. The molecule has 158 valence electrons. The minimum absolute atomic E-state index is 0.00580. The van der Waals surface area contributed by atoms with Gasteiger partial charge in [-0.3, -0.25) is 9.69 Å². The molecular formula is C26H25NO4. The van der Waals surface area contributed by atoms with Gasteiger partial charge in [0.05, 0.1) is 5.69 Å². The lowest BCUT2D eigenvalue weighted by Gasteiger charge is -2.23. The van der Waals surface area contributed by atoms with E-state index in [1.807, 2.05) is 49.4 Å². The third-order valence-electron chi connectivity index (χ3n) is 5.95. The number of benzene rings is 3. The molecule has 4 rings (SSSR count). The van der Waals surface area contributed by atoms with Crippen LogP contribution in [-0.4, -0.2) is 30.8 Å². The van der Waals surface area contributed by atoms with Gasteiger partial charge >= 0.3 is 12.1 Å². The van der Waals surface area contributed by atoms with Gasteiger partial charge in [-0.25, -0.2) is 4.79 Å². The maximum absolute atomic E-state index is 12.9. The molecule has 0 spiro atoms. The third-order valence-corrected chi connectivity index (χ3v) is 5.95. The second-order valence-electron chi connectivity index (χ2n) is 7.83.